The molecule has 0 saturated carbocycles. The molecule has 0 aliphatic heterocycles. The van der Waals surface area contributed by atoms with E-state index in [9.17, 15) is 19.7 Å². The number of amides is 1. The number of nitrogens with one attached hydrogen (secondary N) is 1. The van der Waals surface area contributed by atoms with Crippen LogP contribution < -0.4 is 5.32 Å². The molecule has 0 aliphatic carbocycles. The van der Waals surface area contributed by atoms with Gasteiger partial charge >= 0.3 is 5.97 Å². The highest BCUT2D eigenvalue weighted by Crippen LogP contribution is 2.20. The largest absolute Gasteiger partial charge is 0.452 e. The Kier molecular flexibility index (Phi) is 5.49. The van der Waals surface area contributed by atoms with Crippen LogP contribution in [0.1, 0.15) is 15.9 Å². The summed E-state index contributed by atoms with van der Waals surface area (Å²) in [5.41, 5.74) is 1.08. The first-order valence-corrected chi connectivity index (χ1v) is 7.22. The second-order valence-electron chi connectivity index (χ2n) is 4.89. The first-order chi connectivity index (χ1) is 11.4. The van der Waals surface area contributed by atoms with Crippen molar-refractivity contribution in [1.29, 1.82) is 0 Å². The summed E-state index contributed by atoms with van der Waals surface area (Å²) in [6, 6.07) is 10.1. The molecule has 0 aliphatic rings. The molecule has 0 saturated heterocycles. The highest BCUT2D eigenvalue weighted by Gasteiger charge is 2.14. The molecule has 2 aromatic carbocycles. The summed E-state index contributed by atoms with van der Waals surface area (Å²) in [7, 11) is 0. The molecule has 0 bridgehead atoms. The fraction of sp³-hybridized carbons (Fsp3) is 0.125. The Morgan fingerprint density at radius 3 is 2.71 bits per heavy atom. The SMILES string of the molecule is Cc1ccc(Cl)cc1NC(=O)COC(=O)c1cccc([N+](=O)[O-])c1. The smallest absolute Gasteiger partial charge is 0.338 e. The van der Waals surface area contributed by atoms with Gasteiger partial charge in [0, 0.05) is 22.8 Å². The summed E-state index contributed by atoms with van der Waals surface area (Å²) in [6.07, 6.45) is 0. The monoisotopic (exact) mass is 348 g/mol. The summed E-state index contributed by atoms with van der Waals surface area (Å²) in [5.74, 6) is -1.36. The molecule has 0 radical (unpaired) electrons. The third kappa shape index (κ3) is 4.53. The third-order valence-corrected chi connectivity index (χ3v) is 3.34. The molecule has 124 valence electrons. The Balaban J connectivity index is 1.96. The van der Waals surface area contributed by atoms with Crippen molar-refractivity contribution < 1.29 is 19.2 Å². The second-order valence-corrected chi connectivity index (χ2v) is 5.33. The number of anilines is 1. The Morgan fingerprint density at radius 1 is 1.25 bits per heavy atom. The number of hydrogen-bond donors (Lipinski definition) is 1. The van der Waals surface area contributed by atoms with Crippen LogP contribution in [-0.4, -0.2) is 23.4 Å². The maximum atomic E-state index is 11.9. The maximum Gasteiger partial charge on any atom is 0.338 e. The Labute approximate surface area is 142 Å². The first-order valence-electron chi connectivity index (χ1n) is 6.84. The Hall–Kier alpha value is -2.93. The summed E-state index contributed by atoms with van der Waals surface area (Å²) in [5, 5.41) is 13.7. The minimum atomic E-state index is -0.823. The van der Waals surface area contributed by atoms with Crippen LogP contribution in [-0.2, 0) is 9.53 Å². The summed E-state index contributed by atoms with van der Waals surface area (Å²) in [6.45, 7) is 1.27. The van der Waals surface area contributed by atoms with Crippen LogP contribution in [0.15, 0.2) is 42.5 Å². The van der Waals surface area contributed by atoms with Gasteiger partial charge in [-0.2, -0.15) is 0 Å². The van der Waals surface area contributed by atoms with Gasteiger partial charge in [-0.3, -0.25) is 14.9 Å². The number of rotatable bonds is 5. The minimum Gasteiger partial charge on any atom is -0.452 e. The van der Waals surface area contributed by atoms with Crippen molar-refractivity contribution in [2.45, 2.75) is 6.92 Å². The lowest BCUT2D eigenvalue weighted by molar-refractivity contribution is -0.384. The van der Waals surface area contributed by atoms with Crippen LogP contribution >= 0.6 is 11.6 Å². The highest BCUT2D eigenvalue weighted by molar-refractivity contribution is 6.31. The lowest BCUT2D eigenvalue weighted by Gasteiger charge is -2.09. The number of benzene rings is 2. The fourth-order valence-corrected chi connectivity index (χ4v) is 2.05. The van der Waals surface area contributed by atoms with Crippen LogP contribution in [0, 0.1) is 17.0 Å². The number of nitrogens with zero attached hydrogens (tertiary/aromatic N) is 1. The topological polar surface area (TPSA) is 98.5 Å². The lowest BCUT2D eigenvalue weighted by atomic mass is 10.2. The average molecular weight is 349 g/mol. The maximum absolute atomic E-state index is 11.9. The number of hydrogen-bond acceptors (Lipinski definition) is 5. The van der Waals surface area contributed by atoms with Crippen molar-refractivity contribution in [2.24, 2.45) is 0 Å². The number of carbonyl (C=O) groups is 2. The van der Waals surface area contributed by atoms with E-state index in [4.69, 9.17) is 16.3 Å². The minimum absolute atomic E-state index is 0.00376. The van der Waals surface area contributed by atoms with E-state index in [2.05, 4.69) is 5.32 Å². The van der Waals surface area contributed by atoms with Crippen molar-refractivity contribution in [3.63, 3.8) is 0 Å². The fourth-order valence-electron chi connectivity index (χ4n) is 1.88. The number of esters is 1. The second kappa shape index (κ2) is 7.56. The van der Waals surface area contributed by atoms with Crippen molar-refractivity contribution in [3.05, 3.63) is 68.7 Å². The molecule has 0 fully saturated rings. The first kappa shape index (κ1) is 17.4. The number of ether oxygens (including phenoxy) is 1. The zero-order valence-corrected chi connectivity index (χ0v) is 13.4. The summed E-state index contributed by atoms with van der Waals surface area (Å²) >= 11 is 5.86. The molecule has 0 heterocycles. The standard InChI is InChI=1S/C16H13ClN2O5/c1-10-5-6-12(17)8-14(10)18-15(20)9-24-16(21)11-3-2-4-13(7-11)19(22)23/h2-8H,9H2,1H3,(H,18,20). The van der Waals surface area contributed by atoms with Crippen LogP contribution in [0.2, 0.25) is 5.02 Å². The summed E-state index contributed by atoms with van der Waals surface area (Å²) < 4.78 is 4.86. The van der Waals surface area contributed by atoms with Crippen LogP contribution in [0.3, 0.4) is 0 Å². The predicted octanol–water partition coefficient (Wildman–Crippen LogP) is 3.35. The number of carbonyl (C=O) groups excluding carboxylic acids is 2. The number of nitro benzene ring substituents is 1. The summed E-state index contributed by atoms with van der Waals surface area (Å²) in [4.78, 5) is 33.8. The van der Waals surface area contributed by atoms with Gasteiger partial charge in [-0.15, -0.1) is 0 Å². The number of non-ortho nitro benzene ring substituents is 1. The van der Waals surface area contributed by atoms with Gasteiger partial charge in [0.2, 0.25) is 0 Å². The van der Waals surface area contributed by atoms with Crippen molar-refractivity contribution in [2.75, 3.05) is 11.9 Å². The molecule has 1 amide bonds. The number of aryl methyl sites for hydroxylation is 1. The average Bonchev–Trinajstić information content (AvgIpc) is 2.56. The molecule has 0 atom stereocenters. The highest BCUT2D eigenvalue weighted by atomic mass is 35.5. The van der Waals surface area contributed by atoms with E-state index in [-0.39, 0.29) is 11.3 Å². The molecular weight excluding hydrogens is 336 g/mol. The third-order valence-electron chi connectivity index (χ3n) is 3.10. The molecule has 7 nitrogen and oxygen atoms in total. The Morgan fingerprint density at radius 2 is 2.00 bits per heavy atom. The zero-order chi connectivity index (χ0) is 17.7. The normalized spacial score (nSPS) is 10.1. The van der Waals surface area contributed by atoms with Crippen LogP contribution in [0.25, 0.3) is 0 Å². The van der Waals surface area contributed by atoms with Gasteiger partial charge in [0.1, 0.15) is 0 Å². The van der Waals surface area contributed by atoms with Gasteiger partial charge in [0.15, 0.2) is 6.61 Å². The quantitative estimate of drug-likeness (QED) is 0.507. The molecular formula is C16H13ClN2O5. The van der Waals surface area contributed by atoms with E-state index in [1.807, 2.05) is 0 Å². The van der Waals surface area contributed by atoms with Gasteiger partial charge in [-0.1, -0.05) is 23.7 Å². The van der Waals surface area contributed by atoms with Gasteiger partial charge < -0.3 is 10.1 Å². The number of halogens is 1. The van der Waals surface area contributed by atoms with E-state index in [0.717, 1.165) is 11.6 Å². The van der Waals surface area contributed by atoms with Gasteiger partial charge in [-0.05, 0) is 30.7 Å². The van der Waals surface area contributed by atoms with E-state index in [0.29, 0.717) is 10.7 Å². The molecule has 2 rings (SSSR count). The van der Waals surface area contributed by atoms with E-state index in [1.165, 1.54) is 18.2 Å². The van der Waals surface area contributed by atoms with Crippen LogP contribution in [0.5, 0.6) is 0 Å². The molecule has 0 aromatic heterocycles. The van der Waals surface area contributed by atoms with Crippen molar-refractivity contribution in [3.8, 4) is 0 Å². The molecule has 1 N–H and O–H groups in total. The van der Waals surface area contributed by atoms with E-state index in [1.54, 1.807) is 25.1 Å². The predicted molar refractivity (Wildman–Crippen MR) is 88.2 cm³/mol. The van der Waals surface area contributed by atoms with E-state index < -0.39 is 23.4 Å². The van der Waals surface area contributed by atoms with Gasteiger partial charge in [-0.25, -0.2) is 4.79 Å². The lowest BCUT2D eigenvalue weighted by Crippen LogP contribution is -2.21. The van der Waals surface area contributed by atoms with E-state index >= 15 is 0 Å². The van der Waals surface area contributed by atoms with Gasteiger partial charge in [0.05, 0.1) is 10.5 Å². The molecule has 24 heavy (non-hydrogen) atoms. The zero-order valence-electron chi connectivity index (χ0n) is 12.6. The van der Waals surface area contributed by atoms with Crippen molar-refractivity contribution >= 4 is 34.9 Å². The number of nitro groups is 1. The molecule has 0 spiro atoms. The molecule has 8 heteroatoms. The Bertz CT molecular complexity index is 807. The molecule has 2 aromatic rings. The van der Waals surface area contributed by atoms with Crippen LogP contribution in [0.4, 0.5) is 11.4 Å². The van der Waals surface area contributed by atoms with Crippen molar-refractivity contribution in [1.82, 2.24) is 0 Å². The molecule has 0 unspecified atom stereocenters. The van der Waals surface area contributed by atoms with Gasteiger partial charge in [0.25, 0.3) is 11.6 Å².